The van der Waals surface area contributed by atoms with E-state index in [1.54, 1.807) is 6.20 Å². The molecule has 0 amide bonds. The van der Waals surface area contributed by atoms with Crippen molar-refractivity contribution in [3.8, 4) is 5.69 Å². The number of nitrogens with zero attached hydrogens (tertiary/aromatic N) is 3. The summed E-state index contributed by atoms with van der Waals surface area (Å²) in [6.07, 6.45) is 1.69. The van der Waals surface area contributed by atoms with Crippen molar-refractivity contribution in [3.05, 3.63) is 52.1 Å². The van der Waals surface area contributed by atoms with Crippen molar-refractivity contribution in [2.75, 3.05) is 6.54 Å². The summed E-state index contributed by atoms with van der Waals surface area (Å²) in [7, 11) is 0. The molecule has 1 aromatic carbocycles. The predicted molar refractivity (Wildman–Crippen MR) is 67.6 cm³/mol. The molecule has 0 fully saturated rings. The Bertz CT molecular complexity index is 597. The first kappa shape index (κ1) is 13.2. The Morgan fingerprint density at radius 1 is 1.47 bits per heavy atom. The van der Waals surface area contributed by atoms with Gasteiger partial charge in [0.25, 0.3) is 0 Å². The normalized spacial score (nSPS) is 10.6. The van der Waals surface area contributed by atoms with Gasteiger partial charge >= 0.3 is 5.69 Å². The molecule has 19 heavy (non-hydrogen) atoms. The first-order chi connectivity index (χ1) is 9.11. The second-order valence-electron chi connectivity index (χ2n) is 3.92. The Labute approximate surface area is 109 Å². The standard InChI is InChI=1S/C12H13FN4O2/c1-2-14-8-9-5-6-16(15-9)10-3-4-12(17(18)19)11(13)7-10/h3-7,14H,2,8H2,1H3. The number of halogens is 1. The number of nitro groups is 1. The average Bonchev–Trinajstić information content (AvgIpc) is 2.84. The van der Waals surface area contributed by atoms with E-state index in [4.69, 9.17) is 0 Å². The van der Waals surface area contributed by atoms with Crippen molar-refractivity contribution in [2.24, 2.45) is 0 Å². The maximum atomic E-state index is 13.5. The lowest BCUT2D eigenvalue weighted by atomic mass is 10.3. The summed E-state index contributed by atoms with van der Waals surface area (Å²) in [4.78, 5) is 9.78. The molecule has 0 saturated heterocycles. The molecule has 0 spiro atoms. The first-order valence-corrected chi connectivity index (χ1v) is 5.81. The smallest absolute Gasteiger partial charge is 0.304 e. The lowest BCUT2D eigenvalue weighted by molar-refractivity contribution is -0.387. The molecular weight excluding hydrogens is 251 g/mol. The van der Waals surface area contributed by atoms with Gasteiger partial charge in [-0.05, 0) is 18.7 Å². The molecule has 0 aliphatic carbocycles. The Balaban J connectivity index is 2.24. The van der Waals surface area contributed by atoms with E-state index in [1.807, 2.05) is 13.0 Å². The van der Waals surface area contributed by atoms with Crippen LogP contribution in [0.25, 0.3) is 5.69 Å². The van der Waals surface area contributed by atoms with E-state index in [1.165, 1.54) is 10.7 Å². The van der Waals surface area contributed by atoms with Gasteiger partial charge in [0.05, 0.1) is 16.3 Å². The van der Waals surface area contributed by atoms with Crippen LogP contribution in [0, 0.1) is 15.9 Å². The van der Waals surface area contributed by atoms with Gasteiger partial charge in [0.15, 0.2) is 0 Å². The van der Waals surface area contributed by atoms with E-state index in [0.717, 1.165) is 24.4 Å². The molecule has 0 radical (unpaired) electrons. The van der Waals surface area contributed by atoms with E-state index >= 15 is 0 Å². The monoisotopic (exact) mass is 264 g/mol. The van der Waals surface area contributed by atoms with Gasteiger partial charge in [0.1, 0.15) is 0 Å². The Morgan fingerprint density at radius 3 is 2.89 bits per heavy atom. The van der Waals surface area contributed by atoms with Gasteiger partial charge in [-0.2, -0.15) is 9.49 Å². The lowest BCUT2D eigenvalue weighted by Gasteiger charge is -2.02. The molecule has 0 saturated carbocycles. The third kappa shape index (κ3) is 2.94. The van der Waals surface area contributed by atoms with Crippen LogP contribution in [0.15, 0.2) is 30.5 Å². The Morgan fingerprint density at radius 2 is 2.26 bits per heavy atom. The van der Waals surface area contributed by atoms with Crippen molar-refractivity contribution in [1.29, 1.82) is 0 Å². The third-order valence-electron chi connectivity index (χ3n) is 2.59. The van der Waals surface area contributed by atoms with Gasteiger partial charge in [-0.1, -0.05) is 6.92 Å². The maximum absolute atomic E-state index is 13.5. The molecule has 0 aliphatic rings. The highest BCUT2D eigenvalue weighted by Gasteiger charge is 2.14. The number of aromatic nitrogens is 2. The van der Waals surface area contributed by atoms with Crippen molar-refractivity contribution >= 4 is 5.69 Å². The molecule has 1 heterocycles. The first-order valence-electron chi connectivity index (χ1n) is 5.81. The van der Waals surface area contributed by atoms with Crippen molar-refractivity contribution in [1.82, 2.24) is 15.1 Å². The van der Waals surface area contributed by atoms with Gasteiger partial charge < -0.3 is 5.32 Å². The molecule has 7 heteroatoms. The van der Waals surface area contributed by atoms with E-state index in [0.29, 0.717) is 12.2 Å². The van der Waals surface area contributed by atoms with Gasteiger partial charge in [0.2, 0.25) is 5.82 Å². The summed E-state index contributed by atoms with van der Waals surface area (Å²) in [6, 6.07) is 5.51. The fraction of sp³-hybridized carbons (Fsp3) is 0.250. The van der Waals surface area contributed by atoms with E-state index in [9.17, 15) is 14.5 Å². The molecule has 2 rings (SSSR count). The van der Waals surface area contributed by atoms with Crippen LogP contribution in [0.2, 0.25) is 0 Å². The highest BCUT2D eigenvalue weighted by Crippen LogP contribution is 2.20. The quantitative estimate of drug-likeness (QED) is 0.662. The second-order valence-corrected chi connectivity index (χ2v) is 3.92. The van der Waals surface area contributed by atoms with Crippen LogP contribution in [-0.2, 0) is 6.54 Å². The minimum absolute atomic E-state index is 0.450. The summed E-state index contributed by atoms with van der Waals surface area (Å²) < 4.78 is 15.0. The molecule has 0 unspecified atom stereocenters. The molecular formula is C12H13FN4O2. The molecule has 1 N–H and O–H groups in total. The molecule has 6 nitrogen and oxygen atoms in total. The molecule has 0 bridgehead atoms. The minimum Gasteiger partial charge on any atom is -0.311 e. The maximum Gasteiger partial charge on any atom is 0.304 e. The van der Waals surface area contributed by atoms with Gasteiger partial charge in [-0.25, -0.2) is 4.68 Å². The number of rotatable bonds is 5. The fourth-order valence-corrected chi connectivity index (χ4v) is 1.64. The van der Waals surface area contributed by atoms with Gasteiger partial charge in [0, 0.05) is 24.9 Å². The van der Waals surface area contributed by atoms with Gasteiger partial charge in [-0.15, -0.1) is 0 Å². The Hall–Kier alpha value is -2.28. The summed E-state index contributed by atoms with van der Waals surface area (Å²) in [5.41, 5.74) is 0.732. The highest BCUT2D eigenvalue weighted by molar-refractivity contribution is 5.41. The van der Waals surface area contributed by atoms with Crippen molar-refractivity contribution in [2.45, 2.75) is 13.5 Å². The third-order valence-corrected chi connectivity index (χ3v) is 2.59. The van der Waals surface area contributed by atoms with E-state index in [2.05, 4.69) is 10.4 Å². The van der Waals surface area contributed by atoms with Crippen LogP contribution in [0.4, 0.5) is 10.1 Å². The van der Waals surface area contributed by atoms with Crippen LogP contribution in [0.5, 0.6) is 0 Å². The van der Waals surface area contributed by atoms with Gasteiger partial charge in [-0.3, -0.25) is 10.1 Å². The van der Waals surface area contributed by atoms with E-state index in [-0.39, 0.29) is 0 Å². The summed E-state index contributed by atoms with van der Waals surface area (Å²) >= 11 is 0. The predicted octanol–water partition coefficient (Wildman–Crippen LogP) is 2.03. The van der Waals surface area contributed by atoms with Crippen LogP contribution < -0.4 is 5.32 Å². The number of benzene rings is 1. The zero-order valence-corrected chi connectivity index (χ0v) is 10.3. The molecule has 0 aliphatic heterocycles. The summed E-state index contributed by atoms with van der Waals surface area (Å²) in [6.45, 7) is 3.45. The van der Waals surface area contributed by atoms with Crippen LogP contribution in [0.1, 0.15) is 12.6 Å². The SMILES string of the molecule is CCNCc1ccn(-c2ccc([N+](=O)[O-])c(F)c2)n1. The van der Waals surface area contributed by atoms with Crippen molar-refractivity contribution in [3.63, 3.8) is 0 Å². The minimum atomic E-state index is -0.869. The molecule has 100 valence electrons. The number of nitrogens with one attached hydrogen (secondary N) is 1. The average molecular weight is 264 g/mol. The Kier molecular flexibility index (Phi) is 3.86. The van der Waals surface area contributed by atoms with E-state index < -0.39 is 16.4 Å². The second kappa shape index (κ2) is 5.57. The zero-order chi connectivity index (χ0) is 13.8. The van der Waals surface area contributed by atoms with Crippen molar-refractivity contribution < 1.29 is 9.31 Å². The van der Waals surface area contributed by atoms with Crippen LogP contribution >= 0.6 is 0 Å². The van der Waals surface area contributed by atoms with Crippen LogP contribution in [0.3, 0.4) is 0 Å². The highest BCUT2D eigenvalue weighted by atomic mass is 19.1. The summed E-state index contributed by atoms with van der Waals surface area (Å²) in [5.74, 6) is -0.869. The molecule has 0 atom stereocenters. The lowest BCUT2D eigenvalue weighted by Crippen LogP contribution is -2.12. The number of hydrogen-bond donors (Lipinski definition) is 1. The van der Waals surface area contributed by atoms with Crippen LogP contribution in [-0.4, -0.2) is 21.2 Å². The largest absolute Gasteiger partial charge is 0.311 e. The molecule has 1 aromatic heterocycles. The number of nitro benzene ring substituents is 1. The number of hydrogen-bond acceptors (Lipinski definition) is 4. The molecule has 2 aromatic rings. The topological polar surface area (TPSA) is 73.0 Å². The zero-order valence-electron chi connectivity index (χ0n) is 10.3. The summed E-state index contributed by atoms with van der Waals surface area (Å²) in [5, 5.41) is 17.9. The fourth-order valence-electron chi connectivity index (χ4n) is 1.64.